The minimum Gasteiger partial charge on any atom is -0.355 e. The number of hydrogen-bond donors (Lipinski definition) is 2. The molecule has 8 nitrogen and oxygen atoms in total. The van der Waals surface area contributed by atoms with Crippen molar-refractivity contribution in [2.45, 2.75) is 32.4 Å². The number of carbonyl (C=O) groups is 1. The van der Waals surface area contributed by atoms with Gasteiger partial charge < -0.3 is 15.5 Å². The molecule has 0 bridgehead atoms. The summed E-state index contributed by atoms with van der Waals surface area (Å²) in [6.07, 6.45) is 4.42. The van der Waals surface area contributed by atoms with Gasteiger partial charge >= 0.3 is 0 Å². The normalized spacial score (nSPS) is 17.0. The van der Waals surface area contributed by atoms with E-state index in [1.807, 2.05) is 36.1 Å². The zero-order valence-corrected chi connectivity index (χ0v) is 19.1. The molecule has 0 radical (unpaired) electrons. The van der Waals surface area contributed by atoms with Crippen molar-refractivity contribution >= 4 is 11.9 Å². The van der Waals surface area contributed by atoms with Crippen molar-refractivity contribution in [1.29, 1.82) is 0 Å². The molecule has 1 saturated heterocycles. The van der Waals surface area contributed by atoms with Crippen LogP contribution in [0.25, 0.3) is 11.3 Å². The Kier molecular flexibility index (Phi) is 8.06. The standard InChI is InChI=1S/C23H35N7O/c1-5-30-13-9-12-20(30)15-25-23(26-16-21(31)28(2)3)24-14-19-17-29(4)27-22(19)18-10-7-6-8-11-18/h6-8,10-11,17,20H,5,9,12-16H2,1-4H3,(H2,24,25,26). The molecule has 1 amide bonds. The van der Waals surface area contributed by atoms with Crippen LogP contribution >= 0.6 is 0 Å². The molecule has 2 aromatic rings. The number of guanidine groups is 1. The lowest BCUT2D eigenvalue weighted by Gasteiger charge is -2.24. The number of aromatic nitrogens is 2. The molecule has 168 valence electrons. The molecule has 1 aliphatic rings. The summed E-state index contributed by atoms with van der Waals surface area (Å²) >= 11 is 0. The molecule has 31 heavy (non-hydrogen) atoms. The number of benzene rings is 1. The second kappa shape index (κ2) is 10.9. The number of amides is 1. The third kappa shape index (κ3) is 6.30. The number of aryl methyl sites for hydroxylation is 1. The molecule has 0 aliphatic carbocycles. The Hall–Kier alpha value is -2.87. The highest BCUT2D eigenvalue weighted by Crippen LogP contribution is 2.22. The first-order valence-electron chi connectivity index (χ1n) is 11.0. The highest BCUT2D eigenvalue weighted by molar-refractivity contribution is 5.86. The van der Waals surface area contributed by atoms with Crippen LogP contribution in [0.15, 0.2) is 41.5 Å². The lowest BCUT2D eigenvalue weighted by Crippen LogP contribution is -2.47. The van der Waals surface area contributed by atoms with Gasteiger partial charge in [-0.05, 0) is 25.9 Å². The molecule has 1 atom stereocenters. The van der Waals surface area contributed by atoms with Gasteiger partial charge in [-0.1, -0.05) is 37.3 Å². The van der Waals surface area contributed by atoms with E-state index in [-0.39, 0.29) is 12.5 Å². The van der Waals surface area contributed by atoms with E-state index in [2.05, 4.69) is 39.7 Å². The number of carbonyl (C=O) groups excluding carboxylic acids is 1. The number of hydrogen-bond acceptors (Lipinski definition) is 4. The molecular weight excluding hydrogens is 390 g/mol. The smallest absolute Gasteiger partial charge is 0.241 e. The van der Waals surface area contributed by atoms with Crippen molar-refractivity contribution in [2.75, 3.05) is 40.3 Å². The van der Waals surface area contributed by atoms with E-state index in [9.17, 15) is 4.79 Å². The van der Waals surface area contributed by atoms with Gasteiger partial charge in [-0.15, -0.1) is 0 Å². The second-order valence-electron chi connectivity index (χ2n) is 8.15. The van der Waals surface area contributed by atoms with Gasteiger partial charge in [0.25, 0.3) is 0 Å². The van der Waals surface area contributed by atoms with Crippen LogP contribution < -0.4 is 10.6 Å². The summed E-state index contributed by atoms with van der Waals surface area (Å²) in [5, 5.41) is 11.3. The molecule has 8 heteroatoms. The molecule has 3 rings (SSSR count). The van der Waals surface area contributed by atoms with Gasteiger partial charge in [0.15, 0.2) is 5.96 Å². The van der Waals surface area contributed by atoms with Crippen LogP contribution in [0.5, 0.6) is 0 Å². The Bertz CT molecular complexity index is 875. The van der Waals surface area contributed by atoms with Gasteiger partial charge in [-0.25, -0.2) is 4.99 Å². The first-order valence-corrected chi connectivity index (χ1v) is 11.0. The van der Waals surface area contributed by atoms with E-state index in [0.717, 1.165) is 36.5 Å². The monoisotopic (exact) mass is 425 g/mol. The molecular formula is C23H35N7O. The van der Waals surface area contributed by atoms with Crippen molar-refractivity contribution in [1.82, 2.24) is 30.2 Å². The lowest BCUT2D eigenvalue weighted by atomic mass is 10.1. The van der Waals surface area contributed by atoms with Gasteiger partial charge in [-0.2, -0.15) is 5.10 Å². The van der Waals surface area contributed by atoms with Crippen LogP contribution in [-0.2, 0) is 18.4 Å². The zero-order valence-electron chi connectivity index (χ0n) is 19.1. The molecule has 1 fully saturated rings. The van der Waals surface area contributed by atoms with Gasteiger partial charge in [0, 0.05) is 51.1 Å². The molecule has 0 saturated carbocycles. The number of aliphatic imine (C=N–C) groups is 1. The maximum Gasteiger partial charge on any atom is 0.241 e. The molecule has 1 unspecified atom stereocenters. The van der Waals surface area contributed by atoms with Crippen molar-refractivity contribution < 1.29 is 4.79 Å². The summed E-state index contributed by atoms with van der Waals surface area (Å²) < 4.78 is 1.82. The van der Waals surface area contributed by atoms with Crippen molar-refractivity contribution in [3.8, 4) is 11.3 Å². The summed E-state index contributed by atoms with van der Waals surface area (Å²) in [4.78, 5) is 20.9. The fourth-order valence-electron chi connectivity index (χ4n) is 3.91. The largest absolute Gasteiger partial charge is 0.355 e. The number of nitrogens with one attached hydrogen (secondary N) is 2. The Morgan fingerprint density at radius 2 is 2.03 bits per heavy atom. The number of likely N-dealkylation sites (N-methyl/N-ethyl adjacent to an activating group) is 2. The van der Waals surface area contributed by atoms with E-state index in [1.54, 1.807) is 19.0 Å². The Morgan fingerprint density at radius 1 is 1.26 bits per heavy atom. The Labute approximate surface area is 185 Å². The fraction of sp³-hybridized carbons (Fsp3) is 0.522. The van der Waals surface area contributed by atoms with Crippen LogP contribution in [0.2, 0.25) is 0 Å². The highest BCUT2D eigenvalue weighted by Gasteiger charge is 2.23. The third-order valence-corrected chi connectivity index (χ3v) is 5.68. The summed E-state index contributed by atoms with van der Waals surface area (Å²) in [6.45, 7) is 5.91. The van der Waals surface area contributed by atoms with Crippen LogP contribution in [-0.4, -0.2) is 77.8 Å². The van der Waals surface area contributed by atoms with E-state index < -0.39 is 0 Å². The number of likely N-dealkylation sites (tertiary alicyclic amines) is 1. The number of nitrogens with zero attached hydrogens (tertiary/aromatic N) is 5. The van der Waals surface area contributed by atoms with Gasteiger partial charge in [0.2, 0.25) is 5.91 Å². The summed E-state index contributed by atoms with van der Waals surface area (Å²) in [6, 6.07) is 10.6. The molecule has 0 spiro atoms. The lowest BCUT2D eigenvalue weighted by molar-refractivity contribution is -0.127. The predicted molar refractivity (Wildman–Crippen MR) is 125 cm³/mol. The van der Waals surface area contributed by atoms with Crippen LogP contribution in [0, 0.1) is 0 Å². The first kappa shape index (κ1) is 22.8. The van der Waals surface area contributed by atoms with Crippen molar-refractivity contribution in [3.63, 3.8) is 0 Å². The summed E-state index contributed by atoms with van der Waals surface area (Å²) in [5.41, 5.74) is 3.05. The maximum absolute atomic E-state index is 12.1. The third-order valence-electron chi connectivity index (χ3n) is 5.68. The fourth-order valence-corrected chi connectivity index (χ4v) is 3.91. The highest BCUT2D eigenvalue weighted by atomic mass is 16.2. The Morgan fingerprint density at radius 3 is 2.74 bits per heavy atom. The molecule has 1 aromatic heterocycles. The zero-order chi connectivity index (χ0) is 22.2. The van der Waals surface area contributed by atoms with Crippen molar-refractivity contribution in [3.05, 3.63) is 42.1 Å². The minimum absolute atomic E-state index is 0.0110. The topological polar surface area (TPSA) is 77.8 Å². The Balaban J connectivity index is 1.73. The van der Waals surface area contributed by atoms with E-state index in [4.69, 9.17) is 4.99 Å². The SMILES string of the molecule is CCN1CCCC1CNC(=NCc1cn(C)nc1-c1ccccc1)NCC(=O)N(C)C. The van der Waals surface area contributed by atoms with Crippen LogP contribution in [0.3, 0.4) is 0 Å². The molecule has 2 N–H and O–H groups in total. The van der Waals surface area contributed by atoms with E-state index >= 15 is 0 Å². The quantitative estimate of drug-likeness (QED) is 0.497. The van der Waals surface area contributed by atoms with Crippen LogP contribution in [0.4, 0.5) is 0 Å². The van der Waals surface area contributed by atoms with Crippen molar-refractivity contribution in [2.24, 2.45) is 12.0 Å². The molecule has 1 aliphatic heterocycles. The average Bonchev–Trinajstić information content (AvgIpc) is 3.39. The second-order valence-corrected chi connectivity index (χ2v) is 8.15. The average molecular weight is 426 g/mol. The van der Waals surface area contributed by atoms with Gasteiger partial charge in [-0.3, -0.25) is 14.4 Å². The van der Waals surface area contributed by atoms with E-state index in [0.29, 0.717) is 18.5 Å². The van der Waals surface area contributed by atoms with E-state index in [1.165, 1.54) is 12.8 Å². The number of rotatable bonds is 8. The van der Waals surface area contributed by atoms with Gasteiger partial charge in [0.05, 0.1) is 18.8 Å². The first-order chi connectivity index (χ1) is 15.0. The van der Waals surface area contributed by atoms with Crippen LogP contribution in [0.1, 0.15) is 25.3 Å². The molecule has 1 aromatic carbocycles. The predicted octanol–water partition coefficient (Wildman–Crippen LogP) is 1.69. The molecule has 2 heterocycles. The minimum atomic E-state index is 0.0110. The summed E-state index contributed by atoms with van der Waals surface area (Å²) in [5.74, 6) is 0.665. The maximum atomic E-state index is 12.1. The van der Waals surface area contributed by atoms with Gasteiger partial charge in [0.1, 0.15) is 0 Å². The summed E-state index contributed by atoms with van der Waals surface area (Å²) in [7, 11) is 5.44.